The highest BCUT2D eigenvalue weighted by Crippen LogP contribution is 2.39. The van der Waals surface area contributed by atoms with Gasteiger partial charge in [0.1, 0.15) is 19.3 Å². The molecular weight excluding hydrogens is 644 g/mol. The first-order valence-corrected chi connectivity index (χ1v) is 17.0. The first-order chi connectivity index (χ1) is 23.2. The fourth-order valence-electron chi connectivity index (χ4n) is 4.04. The zero-order valence-corrected chi connectivity index (χ0v) is 30.0. The average Bonchev–Trinajstić information content (AvgIpc) is 3.04. The molecule has 4 amide bonds. The molecule has 1 unspecified atom stereocenters. The summed E-state index contributed by atoms with van der Waals surface area (Å²) < 4.78 is 21.2. The Morgan fingerprint density at radius 3 is 1.57 bits per heavy atom. The summed E-state index contributed by atoms with van der Waals surface area (Å²) in [5, 5.41) is 29.3. The quantitative estimate of drug-likeness (QED) is 0.0561. The fourth-order valence-corrected chi connectivity index (χ4v) is 4.04. The van der Waals surface area contributed by atoms with E-state index in [0.29, 0.717) is 13.2 Å². The van der Waals surface area contributed by atoms with Crippen LogP contribution >= 0.6 is 0 Å². The third-order valence-electron chi connectivity index (χ3n) is 8.13. The second-order valence-electron chi connectivity index (χ2n) is 12.6. The van der Waals surface area contributed by atoms with Gasteiger partial charge in [0, 0.05) is 26.1 Å². The molecule has 16 nitrogen and oxygen atoms in total. The SMILES string of the molecule is CCCCCCCCNC(=O)COCCOCCNC(=O)COCCOCCNC(=O)CCC(NC(=O)C(C)(C)C(C)(C)C(=O)O)C(=O)O. The number of aliphatic carboxylic acids is 2. The molecule has 0 fully saturated rings. The summed E-state index contributed by atoms with van der Waals surface area (Å²) in [6, 6.07) is -1.37. The van der Waals surface area contributed by atoms with Crippen molar-refractivity contribution in [3.8, 4) is 0 Å². The van der Waals surface area contributed by atoms with Crippen molar-refractivity contribution < 1.29 is 57.9 Å². The molecular formula is C33H60N4O12. The number of carbonyl (C=O) groups excluding carboxylic acids is 4. The van der Waals surface area contributed by atoms with Gasteiger partial charge in [0.2, 0.25) is 23.6 Å². The van der Waals surface area contributed by atoms with Crippen molar-refractivity contribution in [2.24, 2.45) is 10.8 Å². The number of amides is 4. The van der Waals surface area contributed by atoms with Crippen molar-refractivity contribution in [1.82, 2.24) is 21.3 Å². The Kier molecular flexibility index (Phi) is 24.7. The molecule has 49 heavy (non-hydrogen) atoms. The topological polar surface area (TPSA) is 228 Å². The molecule has 16 heteroatoms. The van der Waals surface area contributed by atoms with Crippen LogP contribution in [0.2, 0.25) is 0 Å². The Hall–Kier alpha value is -3.34. The molecule has 1 atom stereocenters. The van der Waals surface area contributed by atoms with E-state index in [1.54, 1.807) is 0 Å². The maximum absolute atomic E-state index is 12.7. The van der Waals surface area contributed by atoms with E-state index >= 15 is 0 Å². The molecule has 0 aromatic carbocycles. The maximum Gasteiger partial charge on any atom is 0.326 e. The van der Waals surface area contributed by atoms with Crippen LogP contribution in [0.1, 0.15) is 86.0 Å². The molecule has 6 N–H and O–H groups in total. The van der Waals surface area contributed by atoms with Gasteiger partial charge < -0.3 is 50.4 Å². The molecule has 0 heterocycles. The summed E-state index contributed by atoms with van der Waals surface area (Å²) in [6.07, 6.45) is 6.61. The van der Waals surface area contributed by atoms with E-state index in [2.05, 4.69) is 28.2 Å². The lowest BCUT2D eigenvalue weighted by molar-refractivity contribution is -0.160. The number of ether oxygens (including phenoxy) is 4. The predicted octanol–water partition coefficient (Wildman–Crippen LogP) is 1.25. The smallest absolute Gasteiger partial charge is 0.326 e. The Labute approximate surface area is 290 Å². The minimum atomic E-state index is -1.46. The van der Waals surface area contributed by atoms with E-state index in [1.165, 1.54) is 53.4 Å². The fraction of sp³-hybridized carbons (Fsp3) is 0.818. The van der Waals surface area contributed by atoms with Gasteiger partial charge in [-0.1, -0.05) is 39.0 Å². The van der Waals surface area contributed by atoms with Crippen LogP contribution < -0.4 is 21.3 Å². The van der Waals surface area contributed by atoms with Crippen LogP contribution in [-0.4, -0.2) is 124 Å². The summed E-state index contributed by atoms with van der Waals surface area (Å²) in [5.41, 5.74) is -2.88. The van der Waals surface area contributed by atoms with Crippen LogP contribution in [0.4, 0.5) is 0 Å². The van der Waals surface area contributed by atoms with Gasteiger partial charge >= 0.3 is 11.9 Å². The Balaban J connectivity index is 3.81. The summed E-state index contributed by atoms with van der Waals surface area (Å²) >= 11 is 0. The van der Waals surface area contributed by atoms with Crippen LogP contribution in [0.25, 0.3) is 0 Å². The molecule has 0 saturated heterocycles. The van der Waals surface area contributed by atoms with Gasteiger partial charge in [0.15, 0.2) is 0 Å². The number of rotatable bonds is 31. The normalized spacial score (nSPS) is 12.2. The monoisotopic (exact) mass is 704 g/mol. The second kappa shape index (κ2) is 26.5. The van der Waals surface area contributed by atoms with Gasteiger partial charge in [-0.25, -0.2) is 4.79 Å². The van der Waals surface area contributed by atoms with Crippen LogP contribution in [0.5, 0.6) is 0 Å². The lowest BCUT2D eigenvalue weighted by atomic mass is 9.67. The van der Waals surface area contributed by atoms with E-state index < -0.39 is 40.6 Å². The Morgan fingerprint density at radius 1 is 0.592 bits per heavy atom. The van der Waals surface area contributed by atoms with Crippen LogP contribution in [0.3, 0.4) is 0 Å². The van der Waals surface area contributed by atoms with Gasteiger partial charge in [-0.2, -0.15) is 0 Å². The van der Waals surface area contributed by atoms with E-state index in [0.717, 1.165) is 12.8 Å². The van der Waals surface area contributed by atoms with Crippen LogP contribution in [0.15, 0.2) is 0 Å². The van der Waals surface area contributed by atoms with Gasteiger partial charge in [-0.3, -0.25) is 24.0 Å². The van der Waals surface area contributed by atoms with Gasteiger partial charge in [-0.15, -0.1) is 0 Å². The molecule has 0 aromatic heterocycles. The summed E-state index contributed by atoms with van der Waals surface area (Å²) in [4.78, 5) is 71.6. The maximum atomic E-state index is 12.7. The third kappa shape index (κ3) is 21.4. The largest absolute Gasteiger partial charge is 0.481 e. The zero-order valence-electron chi connectivity index (χ0n) is 30.0. The Bertz CT molecular complexity index is 1010. The molecule has 284 valence electrons. The second-order valence-corrected chi connectivity index (χ2v) is 12.6. The highest BCUT2D eigenvalue weighted by Gasteiger charge is 2.49. The minimum Gasteiger partial charge on any atom is -0.481 e. The van der Waals surface area contributed by atoms with Crippen molar-refractivity contribution in [1.29, 1.82) is 0 Å². The number of carboxylic acid groups (broad SMARTS) is 2. The molecule has 0 radical (unpaired) electrons. The predicted molar refractivity (Wildman–Crippen MR) is 180 cm³/mol. The number of hydrogen-bond acceptors (Lipinski definition) is 10. The van der Waals surface area contributed by atoms with Crippen molar-refractivity contribution in [3.05, 3.63) is 0 Å². The molecule has 0 rings (SSSR count). The van der Waals surface area contributed by atoms with E-state index in [-0.39, 0.29) is 84.0 Å². The number of unbranched alkanes of at least 4 members (excludes halogenated alkanes) is 5. The molecule has 0 aliphatic carbocycles. The lowest BCUT2D eigenvalue weighted by Crippen LogP contribution is -2.54. The summed E-state index contributed by atoms with van der Waals surface area (Å²) in [7, 11) is 0. The molecule has 0 aromatic rings. The highest BCUT2D eigenvalue weighted by atomic mass is 16.5. The highest BCUT2D eigenvalue weighted by molar-refractivity contribution is 5.92. The molecule has 0 saturated carbocycles. The van der Waals surface area contributed by atoms with E-state index in [1.807, 2.05) is 0 Å². The van der Waals surface area contributed by atoms with Crippen molar-refractivity contribution >= 4 is 35.6 Å². The molecule has 0 aliphatic rings. The number of carboxylic acids is 2. The van der Waals surface area contributed by atoms with Crippen LogP contribution in [-0.2, 0) is 47.7 Å². The first kappa shape index (κ1) is 45.7. The number of hydrogen-bond donors (Lipinski definition) is 6. The lowest BCUT2D eigenvalue weighted by Gasteiger charge is -2.37. The number of carbonyl (C=O) groups is 6. The third-order valence-corrected chi connectivity index (χ3v) is 8.13. The van der Waals surface area contributed by atoms with E-state index in [4.69, 9.17) is 18.9 Å². The van der Waals surface area contributed by atoms with Crippen molar-refractivity contribution in [3.63, 3.8) is 0 Å². The average molecular weight is 705 g/mol. The molecule has 0 bridgehead atoms. The number of nitrogens with one attached hydrogen (secondary N) is 4. The van der Waals surface area contributed by atoms with Crippen LogP contribution in [0, 0.1) is 10.8 Å². The summed E-state index contributed by atoms with van der Waals surface area (Å²) in [5.74, 6) is -4.20. The van der Waals surface area contributed by atoms with Crippen molar-refractivity contribution in [2.45, 2.75) is 92.0 Å². The standard InChI is InChI=1S/C33H60N4O12/c1-6-7-8-9-10-11-14-34-27(39)23-48-21-20-47-18-16-36-28(40)24-49-22-19-46-17-15-35-26(38)13-12-25(29(41)42)37-30(43)32(2,3)33(4,5)31(44)45/h25H,6-24H2,1-5H3,(H,34,39)(H,35,38)(H,36,40)(H,37,43)(H,41,42)(H,44,45). The van der Waals surface area contributed by atoms with E-state index in [9.17, 15) is 39.0 Å². The van der Waals surface area contributed by atoms with Crippen molar-refractivity contribution in [2.75, 3.05) is 72.5 Å². The first-order valence-electron chi connectivity index (χ1n) is 17.0. The van der Waals surface area contributed by atoms with Gasteiger partial charge in [-0.05, 0) is 40.5 Å². The van der Waals surface area contributed by atoms with Gasteiger partial charge in [0.05, 0.1) is 50.5 Å². The molecule has 0 aliphatic heterocycles. The summed E-state index contributed by atoms with van der Waals surface area (Å²) in [6.45, 7) is 10.0. The Morgan fingerprint density at radius 2 is 1.06 bits per heavy atom. The van der Waals surface area contributed by atoms with Gasteiger partial charge in [0.25, 0.3) is 0 Å². The minimum absolute atomic E-state index is 0.0137. The molecule has 0 spiro atoms. The zero-order chi connectivity index (χ0) is 37.1.